The van der Waals surface area contributed by atoms with Gasteiger partial charge in [-0.05, 0) is 18.3 Å². The summed E-state index contributed by atoms with van der Waals surface area (Å²) >= 11 is 0. The van der Waals surface area contributed by atoms with Gasteiger partial charge < -0.3 is 14.6 Å². The van der Waals surface area contributed by atoms with Crippen LogP contribution in [0.2, 0.25) is 0 Å². The maximum absolute atomic E-state index is 5.59. The van der Waals surface area contributed by atoms with Crippen molar-refractivity contribution >= 4 is 6.01 Å². The van der Waals surface area contributed by atoms with Crippen LogP contribution in [0.5, 0.6) is 0 Å². The lowest BCUT2D eigenvalue weighted by atomic mass is 9.89. The van der Waals surface area contributed by atoms with Gasteiger partial charge in [-0.2, -0.15) is 4.98 Å². The summed E-state index contributed by atoms with van der Waals surface area (Å²) in [6.45, 7) is 11.8. The van der Waals surface area contributed by atoms with Gasteiger partial charge in [-0.1, -0.05) is 27.7 Å². The summed E-state index contributed by atoms with van der Waals surface area (Å²) in [6, 6.07) is 1.26. The predicted molar refractivity (Wildman–Crippen MR) is 73.6 cm³/mol. The van der Waals surface area contributed by atoms with Crippen molar-refractivity contribution in [2.24, 2.45) is 11.8 Å². The Bertz CT molecular complexity index is 375. The van der Waals surface area contributed by atoms with Crippen molar-refractivity contribution in [2.75, 3.05) is 18.0 Å². The zero-order valence-electron chi connectivity index (χ0n) is 11.9. The third-order valence-corrected chi connectivity index (χ3v) is 3.84. The highest BCUT2D eigenvalue weighted by Gasteiger charge is 2.25. The zero-order chi connectivity index (χ0) is 13.1. The Labute approximate surface area is 110 Å². The maximum Gasteiger partial charge on any atom is 0.297 e. The van der Waals surface area contributed by atoms with Crippen LogP contribution in [0.1, 0.15) is 39.8 Å². The highest BCUT2D eigenvalue weighted by atomic mass is 16.4. The van der Waals surface area contributed by atoms with E-state index in [0.29, 0.717) is 12.0 Å². The summed E-state index contributed by atoms with van der Waals surface area (Å²) in [5.41, 5.74) is 0.991. The van der Waals surface area contributed by atoms with E-state index in [9.17, 15) is 0 Å². The fourth-order valence-electron chi connectivity index (χ4n) is 2.27. The van der Waals surface area contributed by atoms with Gasteiger partial charge in [-0.3, -0.25) is 0 Å². The average molecular weight is 251 g/mol. The van der Waals surface area contributed by atoms with Crippen molar-refractivity contribution in [1.29, 1.82) is 0 Å². The molecule has 1 N–H and O–H groups in total. The van der Waals surface area contributed by atoms with Crippen molar-refractivity contribution in [3.05, 3.63) is 12.0 Å². The largest absolute Gasteiger partial charge is 0.432 e. The normalized spacial score (nSPS) is 24.8. The van der Waals surface area contributed by atoms with E-state index in [4.69, 9.17) is 4.42 Å². The van der Waals surface area contributed by atoms with Crippen LogP contribution < -0.4 is 10.2 Å². The van der Waals surface area contributed by atoms with Crippen LogP contribution in [0.25, 0.3) is 0 Å². The minimum atomic E-state index is 0.473. The number of oxazole rings is 1. The molecule has 4 heteroatoms. The average Bonchev–Trinajstić information content (AvgIpc) is 2.79. The maximum atomic E-state index is 5.59. The minimum absolute atomic E-state index is 0.473. The molecule has 0 amide bonds. The van der Waals surface area contributed by atoms with E-state index in [2.05, 4.69) is 42.9 Å². The second-order valence-corrected chi connectivity index (χ2v) is 5.85. The highest BCUT2D eigenvalue weighted by Crippen LogP contribution is 2.26. The molecule has 2 unspecified atom stereocenters. The third kappa shape index (κ3) is 3.25. The molecule has 4 nitrogen and oxygen atoms in total. The molecule has 0 bridgehead atoms. The minimum Gasteiger partial charge on any atom is -0.432 e. The lowest BCUT2D eigenvalue weighted by molar-refractivity contribution is 0.313. The number of hydrogen-bond donors (Lipinski definition) is 1. The highest BCUT2D eigenvalue weighted by molar-refractivity contribution is 5.28. The van der Waals surface area contributed by atoms with Crippen LogP contribution in [-0.2, 0) is 6.54 Å². The van der Waals surface area contributed by atoms with Crippen molar-refractivity contribution in [1.82, 2.24) is 10.3 Å². The second-order valence-electron chi connectivity index (χ2n) is 5.85. The molecule has 0 saturated carbocycles. The second kappa shape index (κ2) is 5.74. The topological polar surface area (TPSA) is 41.3 Å². The zero-order valence-corrected chi connectivity index (χ0v) is 11.9. The molecule has 18 heavy (non-hydrogen) atoms. The monoisotopic (exact) mass is 251 g/mol. The number of nitrogens with one attached hydrogen (secondary N) is 1. The smallest absolute Gasteiger partial charge is 0.297 e. The van der Waals surface area contributed by atoms with Gasteiger partial charge in [0, 0.05) is 25.7 Å². The van der Waals surface area contributed by atoms with Crippen molar-refractivity contribution in [3.63, 3.8) is 0 Å². The fourth-order valence-corrected chi connectivity index (χ4v) is 2.27. The standard InChI is InChI=1S/C14H25N3O/c1-10(2)15-7-13-9-18-14(16-13)17-6-5-11(3)12(4)8-17/h9-12,15H,5-8H2,1-4H3. The van der Waals surface area contributed by atoms with Crippen LogP contribution in [-0.4, -0.2) is 24.1 Å². The SMILES string of the molecule is CC(C)NCc1coc(N2CCC(C)C(C)C2)n1. The van der Waals surface area contributed by atoms with E-state index in [-0.39, 0.29) is 0 Å². The first-order valence-corrected chi connectivity index (χ1v) is 6.99. The molecule has 2 atom stereocenters. The summed E-state index contributed by atoms with van der Waals surface area (Å²) in [6.07, 6.45) is 3.00. The van der Waals surface area contributed by atoms with Gasteiger partial charge >= 0.3 is 0 Å². The molecule has 0 spiro atoms. The summed E-state index contributed by atoms with van der Waals surface area (Å²) in [4.78, 5) is 6.83. The van der Waals surface area contributed by atoms with Gasteiger partial charge in [0.2, 0.25) is 0 Å². The Morgan fingerprint density at radius 1 is 1.44 bits per heavy atom. The molecule has 1 aromatic heterocycles. The first-order chi connectivity index (χ1) is 8.56. The predicted octanol–water partition coefficient (Wildman–Crippen LogP) is 2.65. The molecule has 1 saturated heterocycles. The van der Waals surface area contributed by atoms with Crippen molar-refractivity contribution in [3.8, 4) is 0 Å². The molecule has 1 aliphatic rings. The van der Waals surface area contributed by atoms with E-state index in [0.717, 1.165) is 37.3 Å². The Morgan fingerprint density at radius 3 is 2.89 bits per heavy atom. The lowest BCUT2D eigenvalue weighted by Gasteiger charge is -2.34. The molecule has 0 aromatic carbocycles. The molecule has 1 aliphatic heterocycles. The van der Waals surface area contributed by atoms with Crippen molar-refractivity contribution in [2.45, 2.75) is 46.7 Å². The lowest BCUT2D eigenvalue weighted by Crippen LogP contribution is -2.38. The Kier molecular flexibility index (Phi) is 4.27. The third-order valence-electron chi connectivity index (χ3n) is 3.84. The van der Waals surface area contributed by atoms with Crippen LogP contribution in [0, 0.1) is 11.8 Å². The van der Waals surface area contributed by atoms with E-state index in [1.54, 1.807) is 6.26 Å². The Hall–Kier alpha value is -1.03. The van der Waals surface area contributed by atoms with Crippen LogP contribution >= 0.6 is 0 Å². The number of anilines is 1. The molecular weight excluding hydrogens is 226 g/mol. The summed E-state index contributed by atoms with van der Waals surface area (Å²) in [5, 5.41) is 3.35. The fraction of sp³-hybridized carbons (Fsp3) is 0.786. The van der Waals surface area contributed by atoms with E-state index in [1.807, 2.05) is 0 Å². The van der Waals surface area contributed by atoms with Crippen LogP contribution in [0.3, 0.4) is 0 Å². The Balaban J connectivity index is 1.93. The number of piperidine rings is 1. The number of hydrogen-bond acceptors (Lipinski definition) is 4. The van der Waals surface area contributed by atoms with Gasteiger partial charge in [0.1, 0.15) is 6.26 Å². The molecule has 2 rings (SSSR count). The van der Waals surface area contributed by atoms with E-state index < -0.39 is 0 Å². The molecule has 0 aliphatic carbocycles. The molecule has 2 heterocycles. The Morgan fingerprint density at radius 2 is 2.22 bits per heavy atom. The number of nitrogens with zero attached hydrogens (tertiary/aromatic N) is 2. The summed E-state index contributed by atoms with van der Waals surface area (Å²) in [7, 11) is 0. The van der Waals surface area contributed by atoms with Gasteiger partial charge in [0.05, 0.1) is 5.69 Å². The van der Waals surface area contributed by atoms with Gasteiger partial charge in [-0.25, -0.2) is 0 Å². The molecular formula is C14H25N3O. The molecule has 102 valence electrons. The summed E-state index contributed by atoms with van der Waals surface area (Å²) < 4.78 is 5.59. The van der Waals surface area contributed by atoms with Gasteiger partial charge in [-0.15, -0.1) is 0 Å². The molecule has 0 radical (unpaired) electrons. The molecule has 1 aromatic rings. The van der Waals surface area contributed by atoms with E-state index in [1.165, 1.54) is 6.42 Å². The van der Waals surface area contributed by atoms with Crippen molar-refractivity contribution < 1.29 is 4.42 Å². The number of aromatic nitrogens is 1. The van der Waals surface area contributed by atoms with E-state index >= 15 is 0 Å². The molecule has 1 fully saturated rings. The number of rotatable bonds is 4. The van der Waals surface area contributed by atoms with Gasteiger partial charge in [0.15, 0.2) is 0 Å². The van der Waals surface area contributed by atoms with Gasteiger partial charge in [0.25, 0.3) is 6.01 Å². The quantitative estimate of drug-likeness (QED) is 0.893. The first kappa shape index (κ1) is 13.4. The van der Waals surface area contributed by atoms with Crippen LogP contribution in [0.15, 0.2) is 10.7 Å². The first-order valence-electron chi connectivity index (χ1n) is 6.99. The summed E-state index contributed by atoms with van der Waals surface area (Å²) in [5.74, 6) is 1.51. The van der Waals surface area contributed by atoms with Crippen LogP contribution in [0.4, 0.5) is 6.01 Å².